The first-order valence-corrected chi connectivity index (χ1v) is 12.9. The molecule has 2 aromatic carbocycles. The third kappa shape index (κ3) is 5.14. The number of aromatic nitrogens is 3. The molecule has 2 fully saturated rings. The van der Waals surface area contributed by atoms with Gasteiger partial charge in [-0.1, -0.05) is 54.1 Å². The highest BCUT2D eigenvalue weighted by atomic mass is 19.1. The minimum Gasteiger partial charge on any atom is -0.465 e. The van der Waals surface area contributed by atoms with Crippen LogP contribution in [-0.4, -0.2) is 50.2 Å². The molecule has 7 nitrogen and oxygen atoms in total. The van der Waals surface area contributed by atoms with E-state index in [-0.39, 0.29) is 23.7 Å². The van der Waals surface area contributed by atoms with Gasteiger partial charge in [-0.05, 0) is 73.9 Å². The third-order valence-corrected chi connectivity index (χ3v) is 8.31. The molecule has 2 aliphatic rings. The lowest BCUT2D eigenvalue weighted by Gasteiger charge is -2.50. The summed E-state index contributed by atoms with van der Waals surface area (Å²) < 4.78 is 16.5. The topological polar surface area (TPSA) is 83.3 Å². The van der Waals surface area contributed by atoms with Gasteiger partial charge in [0.15, 0.2) is 0 Å². The Balaban J connectivity index is 1.51. The molecule has 2 N–H and O–H groups in total. The molecular formula is C28H34FN5O2. The Labute approximate surface area is 211 Å². The molecule has 5 rings (SSSR count). The second kappa shape index (κ2) is 10.8. The molecule has 8 heteroatoms. The molecule has 2 heterocycles. The number of hydrogen-bond donors (Lipinski definition) is 2. The average molecular weight is 492 g/mol. The van der Waals surface area contributed by atoms with Gasteiger partial charge in [0.1, 0.15) is 5.82 Å². The summed E-state index contributed by atoms with van der Waals surface area (Å²) in [6.07, 6.45) is 7.05. The van der Waals surface area contributed by atoms with E-state index in [1.807, 2.05) is 23.0 Å². The zero-order valence-corrected chi connectivity index (χ0v) is 20.5. The number of carbonyl (C=O) groups is 1. The minimum absolute atomic E-state index is 0.0327. The number of piperidine rings is 1. The van der Waals surface area contributed by atoms with Crippen molar-refractivity contribution in [2.24, 2.45) is 11.8 Å². The maximum Gasteiger partial charge on any atom is 0.404 e. The minimum atomic E-state index is -1.00. The lowest BCUT2D eigenvalue weighted by Crippen LogP contribution is -2.54. The van der Waals surface area contributed by atoms with Crippen molar-refractivity contribution in [3.63, 3.8) is 0 Å². The summed E-state index contributed by atoms with van der Waals surface area (Å²) >= 11 is 0. The van der Waals surface area contributed by atoms with Crippen LogP contribution in [0.4, 0.5) is 9.18 Å². The van der Waals surface area contributed by atoms with Gasteiger partial charge in [0.25, 0.3) is 0 Å². The summed E-state index contributed by atoms with van der Waals surface area (Å²) in [5.41, 5.74) is 1.76. The summed E-state index contributed by atoms with van der Waals surface area (Å²) in [5.74, 6) is 0.0136. The summed E-state index contributed by atoms with van der Waals surface area (Å²) in [4.78, 5) is 14.2. The van der Waals surface area contributed by atoms with Gasteiger partial charge in [0, 0.05) is 24.2 Å². The van der Waals surface area contributed by atoms with Crippen molar-refractivity contribution in [2.75, 3.05) is 13.1 Å². The Hall–Kier alpha value is -3.26. The molecule has 1 unspecified atom stereocenters. The van der Waals surface area contributed by atoms with Crippen LogP contribution in [0, 0.1) is 17.7 Å². The van der Waals surface area contributed by atoms with Gasteiger partial charge in [-0.2, -0.15) is 0 Å². The molecule has 3 aromatic rings. The van der Waals surface area contributed by atoms with E-state index in [9.17, 15) is 14.3 Å². The zero-order valence-electron chi connectivity index (χ0n) is 20.5. The number of likely N-dealkylation sites (tertiary alicyclic amines) is 1. The van der Waals surface area contributed by atoms with Crippen LogP contribution in [0.5, 0.6) is 0 Å². The fraction of sp³-hybridized carbons (Fsp3) is 0.464. The van der Waals surface area contributed by atoms with Gasteiger partial charge in [0.05, 0.1) is 12.7 Å². The molecule has 1 saturated heterocycles. The highest BCUT2D eigenvalue weighted by Gasteiger charge is 2.52. The molecule has 1 aromatic heterocycles. The quantitative estimate of drug-likeness (QED) is 0.477. The smallest absolute Gasteiger partial charge is 0.404 e. The number of amides is 1. The van der Waals surface area contributed by atoms with Gasteiger partial charge >= 0.3 is 6.09 Å². The van der Waals surface area contributed by atoms with Gasteiger partial charge in [0.2, 0.25) is 0 Å². The first-order chi connectivity index (χ1) is 17.5. The highest BCUT2D eigenvalue weighted by Crippen LogP contribution is 2.51. The lowest BCUT2D eigenvalue weighted by atomic mass is 9.58. The second-order valence-electron chi connectivity index (χ2n) is 10.3. The Kier molecular flexibility index (Phi) is 7.32. The largest absolute Gasteiger partial charge is 0.465 e. The standard InChI is InChI=1S/C28H34FN5O2/c29-24-9-4-8-23(18-24)28(20-34-17-14-30-32-34,25-10-5-11-26(25)31-27(35)36)22-12-15-33(16-13-22)19-21-6-2-1-3-7-21/h1-4,6-9,14,17-18,22,25-26,31H,5,10-13,15-16,19-20H2,(H,35,36)/t25-,26-,28?/m0/s1. The van der Waals surface area contributed by atoms with Crippen LogP contribution in [-0.2, 0) is 18.5 Å². The van der Waals surface area contributed by atoms with Crippen molar-refractivity contribution in [2.45, 2.75) is 56.7 Å². The van der Waals surface area contributed by atoms with Crippen molar-refractivity contribution < 1.29 is 14.3 Å². The third-order valence-electron chi connectivity index (χ3n) is 8.31. The van der Waals surface area contributed by atoms with Crippen LogP contribution < -0.4 is 5.32 Å². The van der Waals surface area contributed by atoms with E-state index in [1.165, 1.54) is 11.6 Å². The molecule has 1 aliphatic heterocycles. The van der Waals surface area contributed by atoms with E-state index in [2.05, 4.69) is 44.8 Å². The van der Waals surface area contributed by atoms with Crippen LogP contribution >= 0.6 is 0 Å². The number of carboxylic acid groups (broad SMARTS) is 1. The van der Waals surface area contributed by atoms with E-state index < -0.39 is 11.5 Å². The van der Waals surface area contributed by atoms with Crippen molar-refractivity contribution in [1.29, 1.82) is 0 Å². The summed E-state index contributed by atoms with van der Waals surface area (Å²) in [6, 6.07) is 17.3. The van der Waals surface area contributed by atoms with Gasteiger partial charge < -0.3 is 10.4 Å². The SMILES string of the molecule is O=C(O)N[C@H]1CCC[C@@H]1C(Cn1ccnn1)(c1cccc(F)c1)C1CCN(Cc2ccccc2)CC1. The normalized spacial score (nSPS) is 22.8. The molecule has 0 spiro atoms. The van der Waals surface area contributed by atoms with Crippen LogP contribution in [0.1, 0.15) is 43.2 Å². The Bertz CT molecular complexity index is 1130. The summed E-state index contributed by atoms with van der Waals surface area (Å²) in [6.45, 7) is 3.34. The van der Waals surface area contributed by atoms with Crippen molar-refractivity contribution >= 4 is 6.09 Å². The zero-order chi connectivity index (χ0) is 25.0. The van der Waals surface area contributed by atoms with Crippen molar-refractivity contribution in [3.8, 4) is 0 Å². The molecule has 1 aliphatic carbocycles. The number of nitrogens with zero attached hydrogens (tertiary/aromatic N) is 4. The van der Waals surface area contributed by atoms with Crippen LogP contribution in [0.2, 0.25) is 0 Å². The van der Waals surface area contributed by atoms with Gasteiger partial charge in [-0.3, -0.25) is 9.58 Å². The van der Waals surface area contributed by atoms with Crippen LogP contribution in [0.25, 0.3) is 0 Å². The monoisotopic (exact) mass is 491 g/mol. The van der Waals surface area contributed by atoms with Crippen LogP contribution in [0.3, 0.4) is 0 Å². The Morgan fingerprint density at radius 3 is 2.58 bits per heavy atom. The fourth-order valence-electron chi connectivity index (χ4n) is 6.81. The highest BCUT2D eigenvalue weighted by molar-refractivity contribution is 5.65. The number of halogens is 1. The van der Waals surface area contributed by atoms with E-state index in [0.717, 1.165) is 57.3 Å². The molecule has 3 atom stereocenters. The predicted molar refractivity (Wildman–Crippen MR) is 135 cm³/mol. The molecule has 1 saturated carbocycles. The van der Waals surface area contributed by atoms with Crippen molar-refractivity contribution in [1.82, 2.24) is 25.2 Å². The molecule has 0 bridgehead atoms. The van der Waals surface area contributed by atoms with E-state index in [0.29, 0.717) is 6.54 Å². The van der Waals surface area contributed by atoms with E-state index in [4.69, 9.17) is 0 Å². The number of rotatable bonds is 8. The first-order valence-electron chi connectivity index (χ1n) is 12.9. The maximum atomic E-state index is 14.7. The number of benzene rings is 2. The Morgan fingerprint density at radius 2 is 1.89 bits per heavy atom. The molecule has 190 valence electrons. The first kappa shape index (κ1) is 24.4. The maximum absolute atomic E-state index is 14.7. The lowest BCUT2D eigenvalue weighted by molar-refractivity contribution is 0.0568. The van der Waals surface area contributed by atoms with Crippen LogP contribution in [0.15, 0.2) is 67.0 Å². The Morgan fingerprint density at radius 1 is 1.08 bits per heavy atom. The average Bonchev–Trinajstić information content (AvgIpc) is 3.56. The number of nitrogens with one attached hydrogen (secondary N) is 1. The molecular weight excluding hydrogens is 457 g/mol. The predicted octanol–water partition coefficient (Wildman–Crippen LogP) is 4.70. The van der Waals surface area contributed by atoms with Gasteiger partial charge in [-0.15, -0.1) is 5.10 Å². The van der Waals surface area contributed by atoms with Crippen molar-refractivity contribution in [3.05, 3.63) is 83.9 Å². The molecule has 0 radical (unpaired) electrons. The molecule has 36 heavy (non-hydrogen) atoms. The number of hydrogen-bond acceptors (Lipinski definition) is 4. The second-order valence-corrected chi connectivity index (χ2v) is 10.3. The van der Waals surface area contributed by atoms with E-state index >= 15 is 0 Å². The van der Waals surface area contributed by atoms with E-state index in [1.54, 1.807) is 18.3 Å². The fourth-order valence-corrected chi connectivity index (χ4v) is 6.81. The van der Waals surface area contributed by atoms with Gasteiger partial charge in [-0.25, -0.2) is 9.18 Å². The molecule has 1 amide bonds. The summed E-state index contributed by atoms with van der Waals surface area (Å²) in [7, 11) is 0. The summed E-state index contributed by atoms with van der Waals surface area (Å²) in [5, 5.41) is 20.8.